The Morgan fingerprint density at radius 2 is 1.91 bits per heavy atom. The molecule has 6 heteroatoms. The third-order valence-electron chi connectivity index (χ3n) is 3.21. The number of rotatable bonds is 4. The first-order chi connectivity index (χ1) is 10.6. The van der Waals surface area contributed by atoms with Gasteiger partial charge >= 0.3 is 0 Å². The molecule has 3 rings (SSSR count). The SMILES string of the molecule is Cc1cc(CN(C)C(=O)c2cc(-c3ccccc3)on2)no1. The number of hydrogen-bond acceptors (Lipinski definition) is 5. The Morgan fingerprint density at radius 3 is 2.59 bits per heavy atom. The summed E-state index contributed by atoms with van der Waals surface area (Å²) in [6.07, 6.45) is 0. The van der Waals surface area contributed by atoms with Gasteiger partial charge in [0.25, 0.3) is 5.91 Å². The van der Waals surface area contributed by atoms with Crippen molar-refractivity contribution >= 4 is 5.91 Å². The van der Waals surface area contributed by atoms with E-state index in [0.717, 1.165) is 5.56 Å². The van der Waals surface area contributed by atoms with E-state index in [1.54, 1.807) is 19.2 Å². The molecule has 22 heavy (non-hydrogen) atoms. The van der Waals surface area contributed by atoms with Crippen molar-refractivity contribution in [1.82, 2.24) is 15.2 Å². The third kappa shape index (κ3) is 2.90. The predicted octanol–water partition coefficient (Wildman–Crippen LogP) is 2.91. The maximum atomic E-state index is 12.3. The van der Waals surface area contributed by atoms with Crippen molar-refractivity contribution in [1.29, 1.82) is 0 Å². The minimum absolute atomic E-state index is 0.230. The molecule has 0 radical (unpaired) electrons. The molecule has 0 unspecified atom stereocenters. The molecule has 1 aromatic carbocycles. The Kier molecular flexibility index (Phi) is 3.74. The number of nitrogens with zero attached hydrogens (tertiary/aromatic N) is 3. The Morgan fingerprint density at radius 1 is 1.14 bits per heavy atom. The summed E-state index contributed by atoms with van der Waals surface area (Å²) in [6.45, 7) is 2.16. The molecule has 3 aromatic rings. The van der Waals surface area contributed by atoms with Gasteiger partial charge in [0, 0.05) is 24.7 Å². The predicted molar refractivity (Wildman–Crippen MR) is 79.0 cm³/mol. The quantitative estimate of drug-likeness (QED) is 0.740. The van der Waals surface area contributed by atoms with Crippen molar-refractivity contribution in [3.63, 3.8) is 0 Å². The summed E-state index contributed by atoms with van der Waals surface area (Å²) in [6, 6.07) is 13.0. The molecule has 0 saturated carbocycles. The largest absolute Gasteiger partial charge is 0.361 e. The molecule has 1 amide bonds. The molecular weight excluding hydrogens is 282 g/mol. The first-order valence-corrected chi connectivity index (χ1v) is 6.83. The van der Waals surface area contributed by atoms with Gasteiger partial charge in [-0.05, 0) is 6.92 Å². The van der Waals surface area contributed by atoms with E-state index in [9.17, 15) is 4.79 Å². The average Bonchev–Trinajstić information content (AvgIpc) is 3.17. The van der Waals surface area contributed by atoms with Crippen LogP contribution in [-0.2, 0) is 6.54 Å². The molecule has 2 heterocycles. The fraction of sp³-hybridized carbons (Fsp3) is 0.188. The number of amides is 1. The number of hydrogen-bond donors (Lipinski definition) is 0. The number of aryl methyl sites for hydroxylation is 1. The highest BCUT2D eigenvalue weighted by Gasteiger charge is 2.18. The minimum Gasteiger partial charge on any atom is -0.361 e. The summed E-state index contributed by atoms with van der Waals surface area (Å²) >= 11 is 0. The number of benzene rings is 1. The second-order valence-corrected chi connectivity index (χ2v) is 5.03. The summed E-state index contributed by atoms with van der Waals surface area (Å²) in [7, 11) is 1.68. The maximum absolute atomic E-state index is 12.3. The standard InChI is InChI=1S/C16H15N3O3/c1-11-8-13(17-21-11)10-19(2)16(20)14-9-15(22-18-14)12-6-4-3-5-7-12/h3-9H,10H2,1-2H3. The molecule has 6 nitrogen and oxygen atoms in total. The van der Waals surface area contributed by atoms with Crippen molar-refractivity contribution in [2.75, 3.05) is 7.05 Å². The molecule has 0 N–H and O–H groups in total. The van der Waals surface area contributed by atoms with Crippen molar-refractivity contribution < 1.29 is 13.8 Å². The second kappa shape index (κ2) is 5.85. The molecule has 0 fully saturated rings. The molecule has 0 aliphatic heterocycles. The Labute approximate surface area is 127 Å². The lowest BCUT2D eigenvalue weighted by molar-refractivity contribution is 0.0772. The normalized spacial score (nSPS) is 10.6. The van der Waals surface area contributed by atoms with Crippen molar-refractivity contribution in [2.24, 2.45) is 0 Å². The first-order valence-electron chi connectivity index (χ1n) is 6.83. The smallest absolute Gasteiger partial charge is 0.276 e. The highest BCUT2D eigenvalue weighted by atomic mass is 16.5. The fourth-order valence-corrected chi connectivity index (χ4v) is 2.12. The van der Waals surface area contributed by atoms with E-state index in [-0.39, 0.29) is 11.6 Å². The van der Waals surface area contributed by atoms with Crippen LogP contribution in [0.1, 0.15) is 21.9 Å². The van der Waals surface area contributed by atoms with Crippen LogP contribution in [0.25, 0.3) is 11.3 Å². The Hall–Kier alpha value is -2.89. The molecule has 0 bridgehead atoms. The topological polar surface area (TPSA) is 72.4 Å². The number of carbonyl (C=O) groups is 1. The van der Waals surface area contributed by atoms with E-state index in [2.05, 4.69) is 10.3 Å². The average molecular weight is 297 g/mol. The maximum Gasteiger partial charge on any atom is 0.276 e. The van der Waals surface area contributed by atoms with Gasteiger partial charge in [-0.2, -0.15) is 0 Å². The van der Waals surface area contributed by atoms with E-state index in [1.807, 2.05) is 37.3 Å². The van der Waals surface area contributed by atoms with Gasteiger partial charge in [0.2, 0.25) is 0 Å². The van der Waals surface area contributed by atoms with Crippen LogP contribution in [0.4, 0.5) is 0 Å². The second-order valence-electron chi connectivity index (χ2n) is 5.03. The van der Waals surface area contributed by atoms with Gasteiger partial charge in [0.1, 0.15) is 11.5 Å². The molecule has 0 aliphatic carbocycles. The van der Waals surface area contributed by atoms with Gasteiger partial charge in [-0.3, -0.25) is 4.79 Å². The molecule has 112 valence electrons. The van der Waals surface area contributed by atoms with Gasteiger partial charge < -0.3 is 13.9 Å². The summed E-state index contributed by atoms with van der Waals surface area (Å²) < 4.78 is 10.2. The third-order valence-corrected chi connectivity index (χ3v) is 3.21. The van der Waals surface area contributed by atoms with Gasteiger partial charge in [-0.25, -0.2) is 0 Å². The molecule has 0 saturated heterocycles. The van der Waals surface area contributed by atoms with E-state index in [0.29, 0.717) is 23.8 Å². The molecule has 0 atom stereocenters. The van der Waals surface area contributed by atoms with Crippen molar-refractivity contribution in [2.45, 2.75) is 13.5 Å². The van der Waals surface area contributed by atoms with E-state index >= 15 is 0 Å². The summed E-state index contributed by atoms with van der Waals surface area (Å²) in [5.74, 6) is 1.05. The van der Waals surface area contributed by atoms with Gasteiger partial charge in [0.05, 0.1) is 6.54 Å². The van der Waals surface area contributed by atoms with Crippen LogP contribution in [-0.4, -0.2) is 28.2 Å². The zero-order valence-corrected chi connectivity index (χ0v) is 12.3. The summed E-state index contributed by atoms with van der Waals surface area (Å²) in [5.41, 5.74) is 1.84. The van der Waals surface area contributed by atoms with E-state index in [4.69, 9.17) is 9.05 Å². The van der Waals surface area contributed by atoms with Gasteiger partial charge in [-0.1, -0.05) is 40.6 Å². The monoisotopic (exact) mass is 297 g/mol. The minimum atomic E-state index is -0.230. The van der Waals surface area contributed by atoms with Crippen molar-refractivity contribution in [3.05, 3.63) is 59.6 Å². The number of aromatic nitrogens is 2. The highest BCUT2D eigenvalue weighted by Crippen LogP contribution is 2.20. The highest BCUT2D eigenvalue weighted by molar-refractivity contribution is 5.92. The van der Waals surface area contributed by atoms with Crippen LogP contribution in [0, 0.1) is 6.92 Å². The number of carbonyl (C=O) groups excluding carboxylic acids is 1. The van der Waals surface area contributed by atoms with Crippen LogP contribution in [0.2, 0.25) is 0 Å². The molecule has 0 aliphatic rings. The fourth-order valence-electron chi connectivity index (χ4n) is 2.12. The summed E-state index contributed by atoms with van der Waals surface area (Å²) in [4.78, 5) is 13.9. The summed E-state index contributed by atoms with van der Waals surface area (Å²) in [5, 5.41) is 7.72. The van der Waals surface area contributed by atoms with Crippen LogP contribution < -0.4 is 0 Å². The zero-order valence-electron chi connectivity index (χ0n) is 12.3. The van der Waals surface area contributed by atoms with Crippen LogP contribution in [0.3, 0.4) is 0 Å². The van der Waals surface area contributed by atoms with E-state index in [1.165, 1.54) is 4.90 Å². The van der Waals surface area contributed by atoms with Crippen LogP contribution in [0.15, 0.2) is 51.5 Å². The molecule has 0 spiro atoms. The Balaban J connectivity index is 1.74. The van der Waals surface area contributed by atoms with Crippen molar-refractivity contribution in [3.8, 4) is 11.3 Å². The van der Waals surface area contributed by atoms with Crippen LogP contribution >= 0.6 is 0 Å². The van der Waals surface area contributed by atoms with E-state index < -0.39 is 0 Å². The lowest BCUT2D eigenvalue weighted by Gasteiger charge is -2.13. The lowest BCUT2D eigenvalue weighted by Crippen LogP contribution is -2.26. The first kappa shape index (κ1) is 14.1. The lowest BCUT2D eigenvalue weighted by atomic mass is 10.1. The van der Waals surface area contributed by atoms with Gasteiger partial charge in [0.15, 0.2) is 11.5 Å². The zero-order chi connectivity index (χ0) is 15.5. The molecule has 2 aromatic heterocycles. The van der Waals surface area contributed by atoms with Gasteiger partial charge in [-0.15, -0.1) is 0 Å². The van der Waals surface area contributed by atoms with Crippen LogP contribution in [0.5, 0.6) is 0 Å². The Bertz CT molecular complexity index is 777. The molecular formula is C16H15N3O3.